The van der Waals surface area contributed by atoms with Crippen molar-refractivity contribution >= 4 is 23.2 Å². The predicted molar refractivity (Wildman–Crippen MR) is 95.9 cm³/mol. The van der Waals surface area contributed by atoms with Crippen LogP contribution >= 0.6 is 11.3 Å². The van der Waals surface area contributed by atoms with Gasteiger partial charge in [0.05, 0.1) is 12.8 Å². The molecule has 0 aliphatic carbocycles. The normalized spacial score (nSPS) is 15.2. The molecule has 0 saturated carbocycles. The fourth-order valence-electron chi connectivity index (χ4n) is 3.01. The average molecular weight is 342 g/mol. The number of carbonyl (C=O) groups excluding carboxylic acids is 2. The lowest BCUT2D eigenvalue weighted by atomic mass is 10.0. The predicted octanol–water partition coefficient (Wildman–Crippen LogP) is 2.64. The van der Waals surface area contributed by atoms with Crippen LogP contribution in [0.25, 0.3) is 0 Å². The van der Waals surface area contributed by atoms with Crippen molar-refractivity contribution in [1.82, 2.24) is 10.2 Å². The molecular formula is C19H22N2O2S. The van der Waals surface area contributed by atoms with Crippen molar-refractivity contribution in [2.75, 3.05) is 13.1 Å². The van der Waals surface area contributed by atoms with Crippen LogP contribution in [0.4, 0.5) is 0 Å². The summed E-state index contributed by atoms with van der Waals surface area (Å²) >= 11 is 1.60. The molecule has 1 aliphatic heterocycles. The number of rotatable bonds is 5. The highest BCUT2D eigenvalue weighted by molar-refractivity contribution is 7.10. The van der Waals surface area contributed by atoms with E-state index >= 15 is 0 Å². The van der Waals surface area contributed by atoms with Crippen LogP contribution in [0, 0.1) is 0 Å². The molecule has 0 unspecified atom stereocenters. The van der Waals surface area contributed by atoms with Crippen molar-refractivity contribution < 1.29 is 9.59 Å². The quantitative estimate of drug-likeness (QED) is 0.908. The zero-order valence-corrected chi connectivity index (χ0v) is 14.4. The first kappa shape index (κ1) is 16.7. The number of likely N-dealkylation sites (tertiary alicyclic amines) is 1. The van der Waals surface area contributed by atoms with E-state index in [9.17, 15) is 9.59 Å². The van der Waals surface area contributed by atoms with Gasteiger partial charge < -0.3 is 10.2 Å². The summed E-state index contributed by atoms with van der Waals surface area (Å²) in [6.07, 6.45) is 2.56. The van der Waals surface area contributed by atoms with Crippen LogP contribution in [0.3, 0.4) is 0 Å². The van der Waals surface area contributed by atoms with Crippen LogP contribution in [0.15, 0.2) is 47.8 Å². The van der Waals surface area contributed by atoms with E-state index in [0.29, 0.717) is 12.8 Å². The molecule has 1 saturated heterocycles. The SMILES string of the molecule is O=C(Cc1cccs1)NC1CCN(C(=O)Cc2ccccc2)CC1. The van der Waals surface area contributed by atoms with Crippen molar-refractivity contribution in [2.24, 2.45) is 0 Å². The van der Waals surface area contributed by atoms with E-state index in [0.717, 1.165) is 36.4 Å². The van der Waals surface area contributed by atoms with Gasteiger partial charge in [0.15, 0.2) is 0 Å². The van der Waals surface area contributed by atoms with E-state index in [4.69, 9.17) is 0 Å². The van der Waals surface area contributed by atoms with E-state index in [1.165, 1.54) is 0 Å². The number of nitrogens with one attached hydrogen (secondary N) is 1. The Morgan fingerprint density at radius 3 is 2.46 bits per heavy atom. The lowest BCUT2D eigenvalue weighted by Crippen LogP contribution is -2.47. The molecule has 0 bridgehead atoms. The molecule has 4 nitrogen and oxygen atoms in total. The zero-order chi connectivity index (χ0) is 16.8. The molecule has 5 heteroatoms. The molecule has 0 atom stereocenters. The standard InChI is InChI=1S/C19H22N2O2S/c22-18(14-17-7-4-12-24-17)20-16-8-10-21(11-9-16)19(23)13-15-5-2-1-3-6-15/h1-7,12,16H,8-11,13-14H2,(H,20,22). The Morgan fingerprint density at radius 2 is 1.79 bits per heavy atom. The number of benzene rings is 1. The van der Waals surface area contributed by atoms with Crippen LogP contribution in [0.1, 0.15) is 23.3 Å². The summed E-state index contributed by atoms with van der Waals surface area (Å²) in [5.41, 5.74) is 1.05. The summed E-state index contributed by atoms with van der Waals surface area (Å²) in [5, 5.41) is 5.08. The molecule has 2 aromatic rings. The Bertz CT molecular complexity index is 662. The van der Waals surface area contributed by atoms with Crippen LogP contribution in [-0.4, -0.2) is 35.8 Å². The molecule has 1 N–H and O–H groups in total. The second-order valence-electron chi connectivity index (χ2n) is 6.14. The monoisotopic (exact) mass is 342 g/mol. The molecule has 1 fully saturated rings. The van der Waals surface area contributed by atoms with Gasteiger partial charge in [-0.15, -0.1) is 11.3 Å². The molecule has 1 aromatic heterocycles. The third-order valence-electron chi connectivity index (χ3n) is 4.33. The number of piperidine rings is 1. The van der Waals surface area contributed by atoms with Crippen molar-refractivity contribution in [3.05, 3.63) is 58.3 Å². The Balaban J connectivity index is 1.42. The minimum atomic E-state index is 0.0755. The van der Waals surface area contributed by atoms with Gasteiger partial charge in [-0.2, -0.15) is 0 Å². The summed E-state index contributed by atoms with van der Waals surface area (Å²) in [6.45, 7) is 1.44. The second kappa shape index (κ2) is 8.11. The van der Waals surface area contributed by atoms with E-state index in [1.54, 1.807) is 11.3 Å². The van der Waals surface area contributed by atoms with Gasteiger partial charge in [0.1, 0.15) is 0 Å². The highest BCUT2D eigenvalue weighted by Gasteiger charge is 2.23. The van der Waals surface area contributed by atoms with Crippen LogP contribution in [0.2, 0.25) is 0 Å². The van der Waals surface area contributed by atoms with Crippen LogP contribution < -0.4 is 5.32 Å². The van der Waals surface area contributed by atoms with Gasteiger partial charge in [0.2, 0.25) is 11.8 Å². The van der Waals surface area contributed by atoms with E-state index in [2.05, 4.69) is 5.32 Å². The summed E-state index contributed by atoms with van der Waals surface area (Å²) in [6, 6.07) is 14.0. The molecule has 0 radical (unpaired) electrons. The molecule has 2 heterocycles. The maximum absolute atomic E-state index is 12.3. The molecule has 1 aromatic carbocycles. The number of carbonyl (C=O) groups is 2. The second-order valence-corrected chi connectivity index (χ2v) is 7.17. The van der Waals surface area contributed by atoms with Gasteiger partial charge >= 0.3 is 0 Å². The Morgan fingerprint density at radius 1 is 1.04 bits per heavy atom. The fourth-order valence-corrected chi connectivity index (χ4v) is 3.71. The first-order valence-corrected chi connectivity index (χ1v) is 9.22. The molecule has 126 valence electrons. The first-order chi connectivity index (χ1) is 11.7. The number of hydrogen-bond acceptors (Lipinski definition) is 3. The molecule has 24 heavy (non-hydrogen) atoms. The first-order valence-electron chi connectivity index (χ1n) is 8.34. The van der Waals surface area contributed by atoms with Gasteiger partial charge in [0, 0.05) is 24.0 Å². The smallest absolute Gasteiger partial charge is 0.226 e. The summed E-state index contributed by atoms with van der Waals surface area (Å²) in [4.78, 5) is 27.4. The maximum atomic E-state index is 12.3. The topological polar surface area (TPSA) is 49.4 Å². The minimum Gasteiger partial charge on any atom is -0.353 e. The van der Waals surface area contributed by atoms with Gasteiger partial charge in [0.25, 0.3) is 0 Å². The largest absolute Gasteiger partial charge is 0.353 e. The Labute approximate surface area is 146 Å². The third-order valence-corrected chi connectivity index (χ3v) is 5.20. The van der Waals surface area contributed by atoms with Gasteiger partial charge in [-0.1, -0.05) is 36.4 Å². The van der Waals surface area contributed by atoms with E-state index < -0.39 is 0 Å². The van der Waals surface area contributed by atoms with Gasteiger partial charge in [-0.3, -0.25) is 9.59 Å². The summed E-state index contributed by atoms with van der Waals surface area (Å²) in [5.74, 6) is 0.246. The highest BCUT2D eigenvalue weighted by atomic mass is 32.1. The van der Waals surface area contributed by atoms with Crippen molar-refractivity contribution in [1.29, 1.82) is 0 Å². The Kier molecular flexibility index (Phi) is 5.64. The van der Waals surface area contributed by atoms with E-state index in [1.807, 2.05) is 52.7 Å². The number of thiophene rings is 1. The lowest BCUT2D eigenvalue weighted by molar-refractivity contribution is -0.131. The maximum Gasteiger partial charge on any atom is 0.226 e. The van der Waals surface area contributed by atoms with Crippen LogP contribution in [0.5, 0.6) is 0 Å². The Hall–Kier alpha value is -2.14. The van der Waals surface area contributed by atoms with Crippen molar-refractivity contribution in [3.8, 4) is 0 Å². The molecule has 1 aliphatic rings. The molecule has 2 amide bonds. The third kappa shape index (κ3) is 4.68. The lowest BCUT2D eigenvalue weighted by Gasteiger charge is -2.32. The average Bonchev–Trinajstić information content (AvgIpc) is 3.09. The van der Waals surface area contributed by atoms with Gasteiger partial charge in [-0.25, -0.2) is 0 Å². The zero-order valence-electron chi connectivity index (χ0n) is 13.6. The number of nitrogens with zero attached hydrogens (tertiary/aromatic N) is 1. The number of hydrogen-bond donors (Lipinski definition) is 1. The molecule has 0 spiro atoms. The summed E-state index contributed by atoms with van der Waals surface area (Å²) < 4.78 is 0. The van der Waals surface area contributed by atoms with Gasteiger partial charge in [-0.05, 0) is 29.9 Å². The highest BCUT2D eigenvalue weighted by Crippen LogP contribution is 2.14. The van der Waals surface area contributed by atoms with E-state index in [-0.39, 0.29) is 17.9 Å². The fraction of sp³-hybridized carbons (Fsp3) is 0.368. The molecule has 3 rings (SSSR count). The molecular weight excluding hydrogens is 320 g/mol. The number of amides is 2. The van der Waals surface area contributed by atoms with Crippen LogP contribution in [-0.2, 0) is 22.4 Å². The minimum absolute atomic E-state index is 0.0755. The van der Waals surface area contributed by atoms with Crippen molar-refractivity contribution in [3.63, 3.8) is 0 Å². The van der Waals surface area contributed by atoms with Crippen molar-refractivity contribution in [2.45, 2.75) is 31.7 Å². The summed E-state index contributed by atoms with van der Waals surface area (Å²) in [7, 11) is 0.